The molecule has 3 fully saturated rings. The van der Waals surface area contributed by atoms with Gasteiger partial charge in [0.25, 0.3) is 0 Å². The molecule has 1 aromatic carbocycles. The van der Waals surface area contributed by atoms with E-state index in [4.69, 9.17) is 9.47 Å². The van der Waals surface area contributed by atoms with E-state index >= 15 is 0 Å². The highest BCUT2D eigenvalue weighted by molar-refractivity contribution is 5.93. The molecule has 6 heteroatoms. The van der Waals surface area contributed by atoms with E-state index in [1.165, 1.54) is 12.6 Å². The van der Waals surface area contributed by atoms with Crippen LogP contribution < -0.4 is 4.74 Å². The Morgan fingerprint density at radius 2 is 2.11 bits per heavy atom. The monoisotopic (exact) mass is 382 g/mol. The van der Waals surface area contributed by atoms with E-state index in [0.29, 0.717) is 18.9 Å². The number of rotatable bonds is 3. The molecule has 4 atom stereocenters. The fourth-order valence-corrected chi connectivity index (χ4v) is 6.00. The molecule has 4 aliphatic rings. The minimum Gasteiger partial charge on any atom is -0.497 e. The normalized spacial score (nSPS) is 28.2. The van der Waals surface area contributed by atoms with E-state index in [0.717, 1.165) is 41.6 Å². The van der Waals surface area contributed by atoms with Gasteiger partial charge in [-0.25, -0.2) is 0 Å². The average molecular weight is 382 g/mol. The predicted molar refractivity (Wildman–Crippen MR) is 104 cm³/mol. The Balaban J connectivity index is 1.65. The zero-order valence-electron chi connectivity index (χ0n) is 16.6. The summed E-state index contributed by atoms with van der Waals surface area (Å²) in [5.41, 5.74) is 3.57. The third-order valence-electron chi connectivity index (χ3n) is 6.99. The Hall–Kier alpha value is -2.50. The van der Waals surface area contributed by atoms with Crippen LogP contribution in [0.3, 0.4) is 0 Å². The predicted octanol–water partition coefficient (Wildman–Crippen LogP) is 2.63. The second kappa shape index (κ2) is 6.26. The van der Waals surface area contributed by atoms with E-state index in [2.05, 4.69) is 28.6 Å². The number of esters is 1. The summed E-state index contributed by atoms with van der Waals surface area (Å²) in [6.45, 7) is 2.70. The number of hydrogen-bond acceptors (Lipinski definition) is 4. The van der Waals surface area contributed by atoms with Crippen molar-refractivity contribution in [2.45, 2.75) is 38.1 Å². The highest BCUT2D eigenvalue weighted by Gasteiger charge is 2.52. The number of benzene rings is 1. The van der Waals surface area contributed by atoms with Crippen LogP contribution in [0.5, 0.6) is 5.75 Å². The summed E-state index contributed by atoms with van der Waals surface area (Å²) in [5, 5.41) is 1.12. The number of ether oxygens (including phenoxy) is 2. The number of carbonyl (C=O) groups is 2. The van der Waals surface area contributed by atoms with Crippen molar-refractivity contribution < 1.29 is 19.1 Å². The first kappa shape index (κ1) is 17.6. The number of aryl methyl sites for hydroxylation is 1. The first-order valence-electron chi connectivity index (χ1n) is 10.1. The van der Waals surface area contributed by atoms with Crippen molar-refractivity contribution in [3.8, 4) is 5.75 Å². The molecular formula is C22H26N2O4. The lowest BCUT2D eigenvalue weighted by atomic mass is 9.66. The molecule has 28 heavy (non-hydrogen) atoms. The molecule has 3 aliphatic heterocycles. The number of amides is 1. The molecule has 0 N–H and O–H groups in total. The fourth-order valence-electron chi connectivity index (χ4n) is 6.00. The first-order chi connectivity index (χ1) is 13.5. The number of piperidine rings is 2. The highest BCUT2D eigenvalue weighted by atomic mass is 16.5. The van der Waals surface area contributed by atoms with Gasteiger partial charge in [0, 0.05) is 55.0 Å². The van der Waals surface area contributed by atoms with E-state index in [1.807, 2.05) is 6.07 Å². The van der Waals surface area contributed by atoms with Gasteiger partial charge in [0.15, 0.2) is 0 Å². The van der Waals surface area contributed by atoms with E-state index in [-0.39, 0.29) is 29.8 Å². The van der Waals surface area contributed by atoms with Gasteiger partial charge in [0.2, 0.25) is 5.91 Å². The minimum absolute atomic E-state index is 0.114. The van der Waals surface area contributed by atoms with Gasteiger partial charge in [-0.3, -0.25) is 9.59 Å². The van der Waals surface area contributed by atoms with Crippen molar-refractivity contribution in [3.05, 3.63) is 29.5 Å². The molecule has 6 nitrogen and oxygen atoms in total. The van der Waals surface area contributed by atoms with Gasteiger partial charge in [0.1, 0.15) is 5.75 Å². The Kier molecular flexibility index (Phi) is 3.93. The zero-order valence-corrected chi connectivity index (χ0v) is 16.6. The smallest absolute Gasteiger partial charge is 0.302 e. The summed E-state index contributed by atoms with van der Waals surface area (Å²) >= 11 is 0. The number of aromatic nitrogens is 1. The number of carbonyl (C=O) groups excluding carboxylic acids is 2. The third-order valence-corrected chi connectivity index (χ3v) is 6.99. The number of hydrogen-bond donors (Lipinski definition) is 0. The zero-order chi connectivity index (χ0) is 19.6. The largest absolute Gasteiger partial charge is 0.497 e. The molecule has 4 heterocycles. The molecule has 1 amide bonds. The second-order valence-corrected chi connectivity index (χ2v) is 8.53. The molecule has 1 saturated carbocycles. The Morgan fingerprint density at radius 3 is 2.86 bits per heavy atom. The molecule has 1 aliphatic carbocycles. The summed E-state index contributed by atoms with van der Waals surface area (Å²) in [4.78, 5) is 26.7. The Labute approximate surface area is 164 Å². The standard InChI is InChI=1S/C22H26N2O4/c1-12(25)28-11-14-6-13-7-18-21(14)24(10-13)20(26)9-17-16-8-15(27-3)4-5-19(16)23(2)22(17)18/h4-5,8,13-14,18,21H,6-7,9-11H2,1-3H3. The molecule has 0 spiro atoms. The Bertz CT molecular complexity index is 979. The van der Waals surface area contributed by atoms with E-state index < -0.39 is 0 Å². The van der Waals surface area contributed by atoms with Crippen LogP contribution in [0.4, 0.5) is 0 Å². The SMILES string of the molecule is COc1ccc2c(c1)c1c(n2C)C2CC3CC(COC(C)=O)C2N(C3)C(=O)C1. The first-order valence-corrected chi connectivity index (χ1v) is 10.1. The van der Waals surface area contributed by atoms with Gasteiger partial charge in [-0.1, -0.05) is 0 Å². The van der Waals surface area contributed by atoms with Crippen LogP contribution in [0.1, 0.15) is 36.9 Å². The molecule has 4 bridgehead atoms. The molecule has 2 saturated heterocycles. The lowest BCUT2D eigenvalue weighted by molar-refractivity contribution is -0.150. The lowest BCUT2D eigenvalue weighted by Crippen LogP contribution is -2.59. The van der Waals surface area contributed by atoms with Gasteiger partial charge >= 0.3 is 5.97 Å². The van der Waals surface area contributed by atoms with Crippen molar-refractivity contribution in [2.75, 3.05) is 20.3 Å². The van der Waals surface area contributed by atoms with E-state index in [9.17, 15) is 9.59 Å². The summed E-state index contributed by atoms with van der Waals surface area (Å²) in [6, 6.07) is 6.23. The van der Waals surface area contributed by atoms with Crippen LogP contribution in [-0.4, -0.2) is 47.6 Å². The van der Waals surface area contributed by atoms with Crippen LogP contribution in [0.2, 0.25) is 0 Å². The van der Waals surface area contributed by atoms with Gasteiger partial charge in [-0.15, -0.1) is 0 Å². The van der Waals surface area contributed by atoms with Crippen LogP contribution >= 0.6 is 0 Å². The van der Waals surface area contributed by atoms with Crippen molar-refractivity contribution >= 4 is 22.8 Å². The average Bonchev–Trinajstić information content (AvgIpc) is 2.92. The topological polar surface area (TPSA) is 60.8 Å². The maximum absolute atomic E-state index is 13.2. The number of methoxy groups -OCH3 is 1. The lowest BCUT2D eigenvalue weighted by Gasteiger charge is -2.53. The Morgan fingerprint density at radius 1 is 1.29 bits per heavy atom. The summed E-state index contributed by atoms with van der Waals surface area (Å²) in [6.07, 6.45) is 2.56. The maximum Gasteiger partial charge on any atom is 0.302 e. The molecule has 0 radical (unpaired) electrons. The molecule has 6 rings (SSSR count). The van der Waals surface area contributed by atoms with Gasteiger partial charge in [-0.05, 0) is 42.5 Å². The molecule has 148 valence electrons. The molecular weight excluding hydrogens is 356 g/mol. The number of fused-ring (bicyclic) bond motifs is 4. The minimum atomic E-state index is -0.247. The van der Waals surface area contributed by atoms with E-state index in [1.54, 1.807) is 7.11 Å². The van der Waals surface area contributed by atoms with Crippen molar-refractivity contribution in [1.29, 1.82) is 0 Å². The van der Waals surface area contributed by atoms with Crippen LogP contribution in [-0.2, 0) is 27.8 Å². The highest BCUT2D eigenvalue weighted by Crippen LogP contribution is 2.51. The third kappa shape index (κ3) is 2.46. The second-order valence-electron chi connectivity index (χ2n) is 8.53. The fraction of sp³-hybridized carbons (Fsp3) is 0.545. The molecule has 4 unspecified atom stereocenters. The van der Waals surface area contributed by atoms with Crippen LogP contribution in [0, 0.1) is 11.8 Å². The number of nitrogens with zero attached hydrogens (tertiary/aromatic N) is 2. The van der Waals surface area contributed by atoms with Crippen molar-refractivity contribution in [1.82, 2.24) is 9.47 Å². The maximum atomic E-state index is 13.2. The van der Waals surface area contributed by atoms with Gasteiger partial charge in [0.05, 0.1) is 20.1 Å². The molecule has 1 aromatic heterocycles. The summed E-state index contributed by atoms with van der Waals surface area (Å²) < 4.78 is 13.1. The summed E-state index contributed by atoms with van der Waals surface area (Å²) in [5.74, 6) is 1.74. The van der Waals surface area contributed by atoms with Gasteiger partial charge in [-0.2, -0.15) is 0 Å². The quantitative estimate of drug-likeness (QED) is 0.766. The van der Waals surface area contributed by atoms with Gasteiger partial charge < -0.3 is 18.9 Å². The summed E-state index contributed by atoms with van der Waals surface area (Å²) in [7, 11) is 3.78. The van der Waals surface area contributed by atoms with Crippen molar-refractivity contribution in [2.24, 2.45) is 18.9 Å². The molecule has 2 aromatic rings. The van der Waals surface area contributed by atoms with Crippen molar-refractivity contribution in [3.63, 3.8) is 0 Å². The van der Waals surface area contributed by atoms with Crippen LogP contribution in [0.15, 0.2) is 18.2 Å². The van der Waals surface area contributed by atoms with Crippen LogP contribution in [0.25, 0.3) is 10.9 Å².